The second kappa shape index (κ2) is 7.05. The molecule has 0 saturated carbocycles. The quantitative estimate of drug-likeness (QED) is 0.742. The molecule has 3 heterocycles. The summed E-state index contributed by atoms with van der Waals surface area (Å²) in [5.74, 6) is -0.384. The molecule has 2 aliphatic rings. The Kier molecular flexibility index (Phi) is 4.70. The molecule has 2 fully saturated rings. The lowest BCUT2D eigenvalue weighted by Gasteiger charge is -2.50. The second-order valence-electron chi connectivity index (χ2n) is 7.43. The first kappa shape index (κ1) is 18.7. The van der Waals surface area contributed by atoms with Gasteiger partial charge in [-0.1, -0.05) is 35.5 Å². The normalized spacial score (nSPS) is 20.4. The van der Waals surface area contributed by atoms with Gasteiger partial charge in [-0.3, -0.25) is 9.59 Å². The van der Waals surface area contributed by atoms with Crippen LogP contribution in [0.5, 0.6) is 0 Å². The third-order valence-electron chi connectivity index (χ3n) is 5.40. The minimum atomic E-state index is -3.07. The Morgan fingerprint density at radius 2 is 1.71 bits per heavy atom. The van der Waals surface area contributed by atoms with Crippen LogP contribution >= 0.6 is 0 Å². The zero-order valence-electron chi connectivity index (χ0n) is 15.3. The van der Waals surface area contributed by atoms with Crippen LogP contribution in [0.4, 0.5) is 0 Å². The molecule has 0 atom stereocenters. The van der Waals surface area contributed by atoms with Gasteiger partial charge in [0.2, 0.25) is 5.91 Å². The van der Waals surface area contributed by atoms with Crippen LogP contribution in [0.25, 0.3) is 0 Å². The molecule has 0 N–H and O–H groups in total. The first-order chi connectivity index (χ1) is 13.4. The summed E-state index contributed by atoms with van der Waals surface area (Å²) in [5, 5.41) is 3.67. The van der Waals surface area contributed by atoms with Gasteiger partial charge in [0.15, 0.2) is 15.5 Å². The van der Waals surface area contributed by atoms with Gasteiger partial charge in [0.05, 0.1) is 16.9 Å². The van der Waals surface area contributed by atoms with Crippen molar-refractivity contribution in [2.45, 2.75) is 6.42 Å². The number of rotatable bonds is 4. The molecule has 2 saturated heterocycles. The second-order valence-corrected chi connectivity index (χ2v) is 9.74. The third-order valence-corrected chi connectivity index (χ3v) is 7.01. The fourth-order valence-electron chi connectivity index (χ4n) is 3.87. The number of sulfone groups is 1. The number of carbonyl (C=O) groups is 2. The SMILES string of the molecule is O=C(c1ccon1)N1CC(Cc2ccccc2)(C(=O)N2CCS(=O)(=O)CC2)C1. The van der Waals surface area contributed by atoms with Crippen molar-refractivity contribution >= 4 is 21.7 Å². The van der Waals surface area contributed by atoms with E-state index in [4.69, 9.17) is 4.52 Å². The summed E-state index contributed by atoms with van der Waals surface area (Å²) in [4.78, 5) is 29.1. The van der Waals surface area contributed by atoms with Gasteiger partial charge in [-0.25, -0.2) is 8.42 Å². The van der Waals surface area contributed by atoms with Crippen molar-refractivity contribution < 1.29 is 22.5 Å². The van der Waals surface area contributed by atoms with E-state index < -0.39 is 15.3 Å². The Bertz CT molecular complexity index is 952. The van der Waals surface area contributed by atoms with Crippen LogP contribution in [0.3, 0.4) is 0 Å². The number of carbonyl (C=O) groups excluding carboxylic acids is 2. The highest BCUT2D eigenvalue weighted by Gasteiger charge is 2.53. The predicted octanol–water partition coefficient (Wildman–Crippen LogP) is 0.617. The molecule has 0 radical (unpaired) electrons. The zero-order chi connectivity index (χ0) is 19.8. The van der Waals surface area contributed by atoms with Crippen LogP contribution in [0, 0.1) is 5.41 Å². The van der Waals surface area contributed by atoms with Crippen molar-refractivity contribution in [3.63, 3.8) is 0 Å². The smallest absolute Gasteiger partial charge is 0.276 e. The van der Waals surface area contributed by atoms with E-state index in [0.29, 0.717) is 6.42 Å². The molecule has 2 aliphatic heterocycles. The Labute approximate surface area is 163 Å². The molecule has 148 valence electrons. The van der Waals surface area contributed by atoms with Crippen LogP contribution in [-0.4, -0.2) is 72.9 Å². The van der Waals surface area contributed by atoms with E-state index in [-0.39, 0.29) is 55.2 Å². The van der Waals surface area contributed by atoms with E-state index in [1.165, 1.54) is 12.3 Å². The molecule has 9 heteroatoms. The number of hydrogen-bond donors (Lipinski definition) is 0. The van der Waals surface area contributed by atoms with Gasteiger partial charge in [-0.2, -0.15) is 0 Å². The summed E-state index contributed by atoms with van der Waals surface area (Å²) in [6.07, 6.45) is 1.84. The largest absolute Gasteiger partial charge is 0.364 e. The average Bonchev–Trinajstić information content (AvgIpc) is 3.19. The lowest BCUT2D eigenvalue weighted by molar-refractivity contribution is -0.150. The van der Waals surface area contributed by atoms with Gasteiger partial charge in [0.1, 0.15) is 6.26 Å². The number of amides is 2. The molecule has 28 heavy (non-hydrogen) atoms. The highest BCUT2D eigenvalue weighted by molar-refractivity contribution is 7.91. The van der Waals surface area contributed by atoms with Gasteiger partial charge in [0, 0.05) is 32.2 Å². The van der Waals surface area contributed by atoms with Crippen molar-refractivity contribution in [3.05, 3.63) is 53.9 Å². The fourth-order valence-corrected chi connectivity index (χ4v) is 5.07. The number of aromatic nitrogens is 1. The molecular weight excluding hydrogens is 382 g/mol. The van der Waals surface area contributed by atoms with Crippen molar-refractivity contribution in [2.75, 3.05) is 37.7 Å². The topological polar surface area (TPSA) is 101 Å². The lowest BCUT2D eigenvalue weighted by Crippen LogP contribution is -2.67. The molecule has 8 nitrogen and oxygen atoms in total. The van der Waals surface area contributed by atoms with Gasteiger partial charge in [-0.15, -0.1) is 0 Å². The van der Waals surface area contributed by atoms with Gasteiger partial charge < -0.3 is 14.3 Å². The summed E-state index contributed by atoms with van der Waals surface area (Å²) < 4.78 is 28.2. The van der Waals surface area contributed by atoms with Crippen LogP contribution in [0.2, 0.25) is 0 Å². The number of hydrogen-bond acceptors (Lipinski definition) is 6. The fraction of sp³-hybridized carbons (Fsp3) is 0.421. The standard InChI is InChI=1S/C19H21N3O5S/c23-17(16-6-9-27-20-16)22-13-19(14-22,12-15-4-2-1-3-5-15)18(24)21-7-10-28(25,26)11-8-21/h1-6,9H,7-8,10-14H2. The van der Waals surface area contributed by atoms with E-state index in [2.05, 4.69) is 5.16 Å². The van der Waals surface area contributed by atoms with E-state index >= 15 is 0 Å². The molecule has 4 rings (SSSR count). The molecule has 0 spiro atoms. The zero-order valence-corrected chi connectivity index (χ0v) is 16.1. The highest BCUT2D eigenvalue weighted by Crippen LogP contribution is 2.37. The first-order valence-electron chi connectivity index (χ1n) is 9.12. The molecule has 0 aliphatic carbocycles. The van der Waals surface area contributed by atoms with Gasteiger partial charge >= 0.3 is 0 Å². The molecule has 0 bridgehead atoms. The Balaban J connectivity index is 1.53. The lowest BCUT2D eigenvalue weighted by atomic mass is 9.73. The number of likely N-dealkylation sites (tertiary alicyclic amines) is 1. The van der Waals surface area contributed by atoms with E-state index in [9.17, 15) is 18.0 Å². The first-order valence-corrected chi connectivity index (χ1v) is 10.9. The Hall–Kier alpha value is -2.68. The van der Waals surface area contributed by atoms with Crippen LogP contribution in [0.1, 0.15) is 16.1 Å². The van der Waals surface area contributed by atoms with Crippen molar-refractivity contribution in [2.24, 2.45) is 5.41 Å². The van der Waals surface area contributed by atoms with Gasteiger partial charge in [0.25, 0.3) is 5.91 Å². The molecule has 0 unspecified atom stereocenters. The van der Waals surface area contributed by atoms with Crippen LogP contribution in [-0.2, 0) is 21.1 Å². The maximum atomic E-state index is 13.3. The minimum absolute atomic E-state index is 0.0122. The summed E-state index contributed by atoms with van der Waals surface area (Å²) >= 11 is 0. The molecule has 1 aromatic heterocycles. The Morgan fingerprint density at radius 3 is 2.32 bits per heavy atom. The van der Waals surface area contributed by atoms with Crippen molar-refractivity contribution in [1.29, 1.82) is 0 Å². The van der Waals surface area contributed by atoms with Crippen LogP contribution < -0.4 is 0 Å². The van der Waals surface area contributed by atoms with Crippen LogP contribution in [0.15, 0.2) is 47.2 Å². The third kappa shape index (κ3) is 3.54. The average molecular weight is 403 g/mol. The highest BCUT2D eigenvalue weighted by atomic mass is 32.2. The number of benzene rings is 1. The summed E-state index contributed by atoms with van der Waals surface area (Å²) in [6.45, 7) is 0.954. The number of nitrogens with zero attached hydrogens (tertiary/aromatic N) is 3. The van der Waals surface area contributed by atoms with Crippen molar-refractivity contribution in [1.82, 2.24) is 15.0 Å². The van der Waals surface area contributed by atoms with Gasteiger partial charge in [-0.05, 0) is 12.0 Å². The maximum absolute atomic E-state index is 13.3. The predicted molar refractivity (Wildman–Crippen MR) is 100 cm³/mol. The summed E-state index contributed by atoms with van der Waals surface area (Å²) in [7, 11) is -3.07. The minimum Gasteiger partial charge on any atom is -0.364 e. The monoisotopic (exact) mass is 403 g/mol. The van der Waals surface area contributed by atoms with Crippen molar-refractivity contribution in [3.8, 4) is 0 Å². The molecule has 1 aromatic carbocycles. The van der Waals surface area contributed by atoms with E-state index in [1.54, 1.807) is 9.80 Å². The van der Waals surface area contributed by atoms with E-state index in [1.807, 2.05) is 30.3 Å². The maximum Gasteiger partial charge on any atom is 0.276 e. The summed E-state index contributed by atoms with van der Waals surface area (Å²) in [6, 6.07) is 11.1. The molecular formula is C19H21N3O5S. The van der Waals surface area contributed by atoms with E-state index in [0.717, 1.165) is 5.56 Å². The molecule has 2 aromatic rings. The molecule has 2 amide bonds. The Morgan fingerprint density at radius 1 is 1.04 bits per heavy atom. The summed E-state index contributed by atoms with van der Waals surface area (Å²) in [5.41, 5.74) is 0.473.